The zero-order chi connectivity index (χ0) is 15.8. The highest BCUT2D eigenvalue weighted by Crippen LogP contribution is 2.15. The molecule has 0 atom stereocenters. The Morgan fingerprint density at radius 1 is 1.14 bits per heavy atom. The second-order valence-electron chi connectivity index (χ2n) is 4.47. The van der Waals surface area contributed by atoms with E-state index < -0.39 is 0 Å². The van der Waals surface area contributed by atoms with E-state index in [0.29, 0.717) is 15.8 Å². The van der Waals surface area contributed by atoms with Crippen LogP contribution in [-0.4, -0.2) is 17.9 Å². The van der Waals surface area contributed by atoms with Gasteiger partial charge in [-0.3, -0.25) is 4.79 Å². The Bertz CT molecular complexity index is 659. The number of nitrogens with one attached hydrogen (secondary N) is 1. The number of carbonyl (C=O) groups is 1. The molecule has 22 heavy (non-hydrogen) atoms. The fourth-order valence-electron chi connectivity index (χ4n) is 1.64. The zero-order valence-electron chi connectivity index (χ0n) is 11.6. The lowest BCUT2D eigenvalue weighted by Gasteiger charge is -2.02. The van der Waals surface area contributed by atoms with Gasteiger partial charge in [0.15, 0.2) is 0 Å². The Kier molecular flexibility index (Phi) is 6.77. The second kappa shape index (κ2) is 8.83. The smallest absolute Gasteiger partial charge is 0.250 e. The summed E-state index contributed by atoms with van der Waals surface area (Å²) in [6.45, 7) is 0. The van der Waals surface area contributed by atoms with Crippen LogP contribution < -0.4 is 5.43 Å². The maximum Gasteiger partial charge on any atom is 0.250 e. The standard InChI is InChI=1S/C16H14Cl2N2OS/c17-14-6-4-12(5-7-14)10-22-11-16(21)20-19-9-13-2-1-3-15(18)8-13/h1-9H,10-11H2,(H,20,21)/b19-9+. The van der Waals surface area contributed by atoms with Crippen LogP contribution in [0.3, 0.4) is 0 Å². The van der Waals surface area contributed by atoms with Crippen LogP contribution in [0.15, 0.2) is 53.6 Å². The predicted molar refractivity (Wildman–Crippen MR) is 94.8 cm³/mol. The zero-order valence-corrected chi connectivity index (χ0v) is 14.0. The van der Waals surface area contributed by atoms with E-state index in [1.54, 1.807) is 18.3 Å². The summed E-state index contributed by atoms with van der Waals surface area (Å²) in [6.07, 6.45) is 1.56. The number of carbonyl (C=O) groups excluding carboxylic acids is 1. The fraction of sp³-hybridized carbons (Fsp3) is 0.125. The maximum atomic E-state index is 11.7. The lowest BCUT2D eigenvalue weighted by Crippen LogP contribution is -2.19. The summed E-state index contributed by atoms with van der Waals surface area (Å²) < 4.78 is 0. The van der Waals surface area contributed by atoms with Crippen LogP contribution in [-0.2, 0) is 10.5 Å². The molecule has 2 rings (SSSR count). The van der Waals surface area contributed by atoms with Gasteiger partial charge in [0.05, 0.1) is 12.0 Å². The molecular formula is C16H14Cl2N2OS. The topological polar surface area (TPSA) is 41.5 Å². The van der Waals surface area contributed by atoms with Crippen LogP contribution >= 0.6 is 35.0 Å². The van der Waals surface area contributed by atoms with E-state index in [2.05, 4.69) is 10.5 Å². The molecule has 2 aromatic carbocycles. The average Bonchev–Trinajstić information content (AvgIpc) is 2.49. The molecule has 0 aliphatic heterocycles. The summed E-state index contributed by atoms with van der Waals surface area (Å²) in [5.41, 5.74) is 4.46. The molecule has 114 valence electrons. The molecular weight excluding hydrogens is 339 g/mol. The first kappa shape index (κ1) is 16.9. The Labute approximate surface area is 143 Å². The number of benzene rings is 2. The van der Waals surface area contributed by atoms with Gasteiger partial charge in [-0.1, -0.05) is 47.5 Å². The lowest BCUT2D eigenvalue weighted by atomic mass is 10.2. The highest BCUT2D eigenvalue weighted by molar-refractivity contribution is 7.99. The van der Waals surface area contributed by atoms with Crippen molar-refractivity contribution in [2.75, 3.05) is 5.75 Å². The number of hydrogen-bond donors (Lipinski definition) is 1. The van der Waals surface area contributed by atoms with Crippen LogP contribution in [0.2, 0.25) is 10.0 Å². The molecule has 0 aromatic heterocycles. The van der Waals surface area contributed by atoms with Gasteiger partial charge in [-0.2, -0.15) is 5.10 Å². The van der Waals surface area contributed by atoms with Gasteiger partial charge in [0.25, 0.3) is 0 Å². The molecule has 0 bridgehead atoms. The van der Waals surface area contributed by atoms with Gasteiger partial charge in [-0.05, 0) is 35.4 Å². The van der Waals surface area contributed by atoms with Crippen molar-refractivity contribution in [3.8, 4) is 0 Å². The molecule has 6 heteroatoms. The number of nitrogens with zero attached hydrogens (tertiary/aromatic N) is 1. The van der Waals surface area contributed by atoms with Crippen molar-refractivity contribution >= 4 is 47.1 Å². The third-order valence-corrected chi connectivity index (χ3v) is 4.16. The first-order valence-electron chi connectivity index (χ1n) is 6.53. The lowest BCUT2D eigenvalue weighted by molar-refractivity contribution is -0.118. The minimum Gasteiger partial charge on any atom is -0.272 e. The number of halogens is 2. The SMILES string of the molecule is O=C(CSCc1ccc(Cl)cc1)N/N=C/c1cccc(Cl)c1. The molecule has 0 spiro atoms. The summed E-state index contributed by atoms with van der Waals surface area (Å²) in [5.74, 6) is 0.954. The second-order valence-corrected chi connectivity index (χ2v) is 6.33. The quantitative estimate of drug-likeness (QED) is 0.619. The predicted octanol–water partition coefficient (Wildman–Crippen LogP) is 4.38. The number of hydrazone groups is 1. The van der Waals surface area contributed by atoms with E-state index >= 15 is 0 Å². The van der Waals surface area contributed by atoms with Crippen LogP contribution in [0.5, 0.6) is 0 Å². The van der Waals surface area contributed by atoms with Gasteiger partial charge in [0.1, 0.15) is 0 Å². The van der Waals surface area contributed by atoms with Crippen LogP contribution in [0.1, 0.15) is 11.1 Å². The van der Waals surface area contributed by atoms with Crippen molar-refractivity contribution in [2.24, 2.45) is 5.10 Å². The van der Waals surface area contributed by atoms with Crippen LogP contribution in [0.25, 0.3) is 0 Å². The third-order valence-electron chi connectivity index (χ3n) is 2.67. The molecule has 1 N–H and O–H groups in total. The molecule has 2 aromatic rings. The van der Waals surface area contributed by atoms with Crippen LogP contribution in [0, 0.1) is 0 Å². The van der Waals surface area contributed by atoms with Crippen molar-refractivity contribution in [3.63, 3.8) is 0 Å². The van der Waals surface area contributed by atoms with E-state index in [1.807, 2.05) is 36.4 Å². The maximum absolute atomic E-state index is 11.7. The molecule has 0 radical (unpaired) electrons. The highest BCUT2D eigenvalue weighted by Gasteiger charge is 2.01. The van der Waals surface area contributed by atoms with Gasteiger partial charge in [-0.15, -0.1) is 11.8 Å². The van der Waals surface area contributed by atoms with Gasteiger partial charge in [0, 0.05) is 15.8 Å². The Hall–Kier alpha value is -1.49. The first-order valence-corrected chi connectivity index (χ1v) is 8.44. The van der Waals surface area contributed by atoms with Gasteiger partial charge in [-0.25, -0.2) is 5.43 Å². The van der Waals surface area contributed by atoms with Gasteiger partial charge < -0.3 is 0 Å². The van der Waals surface area contributed by atoms with Crippen molar-refractivity contribution < 1.29 is 4.79 Å². The van der Waals surface area contributed by atoms with E-state index in [0.717, 1.165) is 16.9 Å². The molecule has 0 aliphatic carbocycles. The summed E-state index contributed by atoms with van der Waals surface area (Å²) in [4.78, 5) is 11.7. The Balaban J connectivity index is 1.70. The van der Waals surface area contributed by atoms with Crippen molar-refractivity contribution in [1.29, 1.82) is 0 Å². The molecule has 0 heterocycles. The summed E-state index contributed by atoms with van der Waals surface area (Å²) in [6, 6.07) is 14.8. The minimum atomic E-state index is -0.141. The van der Waals surface area contributed by atoms with Gasteiger partial charge >= 0.3 is 0 Å². The van der Waals surface area contributed by atoms with Crippen molar-refractivity contribution in [1.82, 2.24) is 5.43 Å². The van der Waals surface area contributed by atoms with Crippen molar-refractivity contribution in [2.45, 2.75) is 5.75 Å². The number of amides is 1. The number of hydrogen-bond acceptors (Lipinski definition) is 3. The molecule has 0 saturated heterocycles. The Morgan fingerprint density at radius 3 is 2.64 bits per heavy atom. The van der Waals surface area contributed by atoms with Gasteiger partial charge in [0.2, 0.25) is 5.91 Å². The molecule has 0 unspecified atom stereocenters. The molecule has 0 aliphatic rings. The molecule has 1 amide bonds. The largest absolute Gasteiger partial charge is 0.272 e. The summed E-state index contributed by atoms with van der Waals surface area (Å²) >= 11 is 13.2. The molecule has 0 saturated carbocycles. The number of thioether (sulfide) groups is 1. The van der Waals surface area contributed by atoms with E-state index in [1.165, 1.54) is 11.8 Å². The van der Waals surface area contributed by atoms with Crippen LogP contribution in [0.4, 0.5) is 0 Å². The van der Waals surface area contributed by atoms with E-state index in [4.69, 9.17) is 23.2 Å². The normalized spacial score (nSPS) is 10.8. The van der Waals surface area contributed by atoms with E-state index in [9.17, 15) is 4.79 Å². The van der Waals surface area contributed by atoms with Crippen molar-refractivity contribution in [3.05, 3.63) is 69.7 Å². The first-order chi connectivity index (χ1) is 10.6. The van der Waals surface area contributed by atoms with E-state index in [-0.39, 0.29) is 5.91 Å². The fourth-order valence-corrected chi connectivity index (χ4v) is 2.75. The third kappa shape index (κ3) is 6.10. The monoisotopic (exact) mass is 352 g/mol. The summed E-state index contributed by atoms with van der Waals surface area (Å²) in [5, 5.41) is 5.25. The summed E-state index contributed by atoms with van der Waals surface area (Å²) in [7, 11) is 0. The molecule has 3 nitrogen and oxygen atoms in total. The molecule has 0 fully saturated rings. The minimum absolute atomic E-state index is 0.141. The highest BCUT2D eigenvalue weighted by atomic mass is 35.5. The Morgan fingerprint density at radius 2 is 1.91 bits per heavy atom. The average molecular weight is 353 g/mol. The number of rotatable bonds is 6.